The van der Waals surface area contributed by atoms with Crippen molar-refractivity contribution in [1.29, 1.82) is 0 Å². The molecule has 0 aliphatic heterocycles. The number of ether oxygens (including phenoxy) is 1. The van der Waals surface area contributed by atoms with E-state index >= 15 is 0 Å². The maximum Gasteiger partial charge on any atom is 0.126 e. The van der Waals surface area contributed by atoms with Crippen molar-refractivity contribution < 1.29 is 4.74 Å². The smallest absolute Gasteiger partial charge is 0.126 e. The van der Waals surface area contributed by atoms with E-state index in [0.717, 1.165) is 5.75 Å². The minimum Gasteiger partial charge on any atom is -0.496 e. The molecule has 4 heteroatoms. The topological polar surface area (TPSA) is 9.23 Å². The van der Waals surface area contributed by atoms with Gasteiger partial charge in [-0.1, -0.05) is 83.5 Å². The molecule has 1 unspecified atom stereocenters. The average molecular weight is 581 g/mol. The van der Waals surface area contributed by atoms with Crippen LogP contribution in [0.4, 0.5) is 0 Å². The van der Waals surface area contributed by atoms with E-state index in [1.165, 1.54) is 58.2 Å². The van der Waals surface area contributed by atoms with E-state index in [1.54, 1.807) is 33.4 Å². The summed E-state index contributed by atoms with van der Waals surface area (Å²) in [6.45, 7) is 31.2. The molecular formula is C39H54Li2OSi. The number of aryl methyl sites for hydroxylation is 1. The van der Waals surface area contributed by atoms with Crippen LogP contribution in [0.3, 0.4) is 0 Å². The van der Waals surface area contributed by atoms with Gasteiger partial charge in [-0.05, 0) is 127 Å². The van der Waals surface area contributed by atoms with Gasteiger partial charge in [0.05, 0.1) is 15.2 Å². The molecule has 0 bridgehead atoms. The fourth-order valence-corrected chi connectivity index (χ4v) is 14.1. The summed E-state index contributed by atoms with van der Waals surface area (Å²) >= 11 is 0. The Balaban J connectivity index is 0.00000253. The average Bonchev–Trinajstić information content (AvgIpc) is 3.52. The molecule has 0 aromatic heterocycles. The molecule has 1 nitrogen and oxygen atoms in total. The van der Waals surface area contributed by atoms with E-state index in [9.17, 15) is 0 Å². The van der Waals surface area contributed by atoms with Gasteiger partial charge < -0.3 is 4.74 Å². The summed E-state index contributed by atoms with van der Waals surface area (Å²) in [5.41, 5.74) is 20.9. The maximum absolute atomic E-state index is 6.16. The summed E-state index contributed by atoms with van der Waals surface area (Å²) < 4.78 is 6.16. The molecule has 2 aromatic carbocycles. The third-order valence-electron chi connectivity index (χ3n) is 10.9. The standard InChI is InChI=1S/C39H54OSi.2Li/c1-22-18-30-31(36(22)41(13,14)37-25(4)23(2)24(3)26(37)5)19-27-16-15-17-29(27)34(30)28-20-32(38(6,7)8)35(40-12)33(21-28)39(9,10)11;;/h18-21,36-37H,15-17H2,1-14H3;;. The predicted octanol–water partition coefficient (Wildman–Crippen LogP) is 10.5. The van der Waals surface area contributed by atoms with E-state index in [2.05, 4.69) is 114 Å². The molecule has 43 heavy (non-hydrogen) atoms. The van der Waals surface area contributed by atoms with Crippen LogP contribution in [0.5, 0.6) is 5.75 Å². The number of benzene rings is 2. The summed E-state index contributed by atoms with van der Waals surface area (Å²) in [6, 6.07) is 7.61. The Morgan fingerprint density at radius 1 is 0.744 bits per heavy atom. The second-order valence-electron chi connectivity index (χ2n) is 16.0. The summed E-state index contributed by atoms with van der Waals surface area (Å²) in [5.74, 6) is 1.06. The molecule has 3 aliphatic carbocycles. The molecule has 0 saturated carbocycles. The minimum atomic E-state index is -1.82. The second kappa shape index (κ2) is 12.2. The van der Waals surface area contributed by atoms with E-state index in [-0.39, 0.29) is 48.6 Å². The Hall–Kier alpha value is -1.13. The summed E-state index contributed by atoms with van der Waals surface area (Å²) in [5, 5.41) is 0. The molecule has 3 aliphatic rings. The fourth-order valence-electron chi connectivity index (χ4n) is 8.79. The predicted molar refractivity (Wildman–Crippen MR) is 194 cm³/mol. The first kappa shape index (κ1) is 36.3. The van der Waals surface area contributed by atoms with Crippen LogP contribution in [0.25, 0.3) is 17.2 Å². The Kier molecular flexibility index (Phi) is 10.3. The fraction of sp³-hybridized carbons (Fsp3) is 0.538. The number of hydrogen-bond donors (Lipinski definition) is 0. The van der Waals surface area contributed by atoms with Gasteiger partial charge in [0, 0.05) is 54.4 Å². The van der Waals surface area contributed by atoms with Crippen LogP contribution < -0.4 is 4.74 Å². The third-order valence-corrected chi connectivity index (χ3v) is 15.5. The molecule has 0 spiro atoms. The largest absolute Gasteiger partial charge is 0.496 e. The number of allylic oxidation sites excluding steroid dienone is 5. The van der Waals surface area contributed by atoms with Gasteiger partial charge in [-0.25, -0.2) is 0 Å². The molecule has 0 fully saturated rings. The van der Waals surface area contributed by atoms with Gasteiger partial charge in [-0.3, -0.25) is 0 Å². The van der Waals surface area contributed by atoms with Gasteiger partial charge in [0.25, 0.3) is 0 Å². The van der Waals surface area contributed by atoms with Crippen molar-refractivity contribution >= 4 is 51.9 Å². The number of methoxy groups -OCH3 is 1. The van der Waals surface area contributed by atoms with Crippen LogP contribution in [-0.2, 0) is 23.7 Å². The normalized spacial score (nSPS) is 18.8. The number of fused-ring (bicyclic) bond motifs is 2. The SMILES string of the molecule is COc1c(C(C)(C)C)cc(-c2c3c(cc4c2CCC4)C([Si](C)(C)C2C(C)=C(C)C(C)=C2C)C(C)=C3)cc1C(C)(C)C.[Li].[Li]. The van der Waals surface area contributed by atoms with Crippen molar-refractivity contribution in [2.45, 2.75) is 130 Å². The first-order valence-electron chi connectivity index (χ1n) is 15.9. The molecule has 2 aromatic rings. The molecule has 1 atom stereocenters. The summed E-state index contributed by atoms with van der Waals surface area (Å²) in [4.78, 5) is 0. The molecule has 0 amide bonds. The van der Waals surface area contributed by atoms with E-state index in [0.29, 0.717) is 11.1 Å². The van der Waals surface area contributed by atoms with Crippen LogP contribution in [0.2, 0.25) is 18.6 Å². The van der Waals surface area contributed by atoms with Crippen molar-refractivity contribution in [2.24, 2.45) is 0 Å². The van der Waals surface area contributed by atoms with Crippen LogP contribution in [0.1, 0.15) is 122 Å². The van der Waals surface area contributed by atoms with Crippen molar-refractivity contribution in [3.8, 4) is 16.9 Å². The first-order chi connectivity index (χ1) is 18.9. The Bertz CT molecular complexity index is 1480. The van der Waals surface area contributed by atoms with Gasteiger partial charge in [0.1, 0.15) is 5.75 Å². The van der Waals surface area contributed by atoms with Gasteiger partial charge in [-0.15, -0.1) is 0 Å². The summed E-state index contributed by atoms with van der Waals surface area (Å²) in [6.07, 6.45) is 6.24. The van der Waals surface area contributed by atoms with Gasteiger partial charge >= 0.3 is 0 Å². The zero-order valence-corrected chi connectivity index (χ0v) is 31.5. The van der Waals surface area contributed by atoms with Gasteiger partial charge in [-0.2, -0.15) is 0 Å². The van der Waals surface area contributed by atoms with Crippen molar-refractivity contribution in [3.05, 3.63) is 79.4 Å². The van der Waals surface area contributed by atoms with Gasteiger partial charge in [0.2, 0.25) is 0 Å². The molecule has 0 saturated heterocycles. The Labute approximate surface area is 288 Å². The second-order valence-corrected chi connectivity index (χ2v) is 20.8. The third kappa shape index (κ3) is 5.84. The molecule has 2 radical (unpaired) electrons. The molecule has 5 rings (SSSR count). The monoisotopic (exact) mass is 580 g/mol. The van der Waals surface area contributed by atoms with Crippen molar-refractivity contribution in [2.75, 3.05) is 7.11 Å². The van der Waals surface area contributed by atoms with Crippen LogP contribution in [-0.4, -0.2) is 52.9 Å². The van der Waals surface area contributed by atoms with Crippen molar-refractivity contribution in [1.82, 2.24) is 0 Å². The zero-order chi connectivity index (χ0) is 30.4. The molecule has 0 heterocycles. The summed E-state index contributed by atoms with van der Waals surface area (Å²) in [7, 11) is 0.0291. The Morgan fingerprint density at radius 3 is 1.72 bits per heavy atom. The quantitative estimate of drug-likeness (QED) is 0.327. The zero-order valence-electron chi connectivity index (χ0n) is 30.5. The van der Waals surface area contributed by atoms with Crippen LogP contribution >= 0.6 is 0 Å². The van der Waals surface area contributed by atoms with Crippen LogP contribution in [0.15, 0.2) is 46.1 Å². The molecular weight excluding hydrogens is 526 g/mol. The van der Waals surface area contributed by atoms with E-state index in [1.807, 2.05) is 7.11 Å². The molecule has 222 valence electrons. The van der Waals surface area contributed by atoms with E-state index in [4.69, 9.17) is 4.74 Å². The van der Waals surface area contributed by atoms with Crippen LogP contribution in [0, 0.1) is 0 Å². The maximum atomic E-state index is 6.16. The van der Waals surface area contributed by atoms with Gasteiger partial charge in [0.15, 0.2) is 0 Å². The first-order valence-corrected chi connectivity index (χ1v) is 19.0. The van der Waals surface area contributed by atoms with E-state index < -0.39 is 8.07 Å². The van der Waals surface area contributed by atoms with Crippen molar-refractivity contribution in [3.63, 3.8) is 0 Å². The minimum absolute atomic E-state index is 0. The number of rotatable bonds is 4. The Morgan fingerprint density at radius 2 is 1.26 bits per heavy atom. The molecule has 0 N–H and O–H groups in total. The number of hydrogen-bond acceptors (Lipinski definition) is 1.